The second-order valence-corrected chi connectivity index (χ2v) is 4.26. The molecule has 1 N–H and O–H groups in total. The van der Waals surface area contributed by atoms with Gasteiger partial charge in [0.15, 0.2) is 11.6 Å². The molecule has 2 aromatic carbocycles. The minimum atomic E-state index is -1.12. The lowest BCUT2D eigenvalue weighted by Crippen LogP contribution is -1.97. The zero-order valence-corrected chi connectivity index (χ0v) is 10.7. The van der Waals surface area contributed by atoms with Crippen molar-refractivity contribution in [1.29, 1.82) is 0 Å². The zero-order chi connectivity index (χ0) is 14.0. The predicted octanol–water partition coefficient (Wildman–Crippen LogP) is 3.85. The van der Waals surface area contributed by atoms with Crippen molar-refractivity contribution < 1.29 is 19.0 Å². The van der Waals surface area contributed by atoms with E-state index < -0.39 is 11.8 Å². The quantitative estimate of drug-likeness (QED) is 0.929. The summed E-state index contributed by atoms with van der Waals surface area (Å²) in [6.45, 7) is 0. The number of ether oxygens (including phenoxy) is 1. The highest BCUT2D eigenvalue weighted by Gasteiger charge is 2.11. The second kappa shape index (κ2) is 5.28. The molecule has 0 heterocycles. The Morgan fingerprint density at radius 1 is 1.21 bits per heavy atom. The first-order valence-corrected chi connectivity index (χ1v) is 5.77. The molecule has 0 aliphatic heterocycles. The monoisotopic (exact) mass is 280 g/mol. The van der Waals surface area contributed by atoms with E-state index in [1.165, 1.54) is 31.4 Å². The summed E-state index contributed by atoms with van der Waals surface area (Å²) >= 11 is 5.78. The van der Waals surface area contributed by atoms with E-state index >= 15 is 0 Å². The number of hydrogen-bond donors (Lipinski definition) is 1. The molecular formula is C14H10ClFO3. The molecule has 0 saturated heterocycles. The molecule has 19 heavy (non-hydrogen) atoms. The number of hydrogen-bond acceptors (Lipinski definition) is 2. The number of carboxylic acid groups (broad SMARTS) is 1. The van der Waals surface area contributed by atoms with Crippen molar-refractivity contribution in [1.82, 2.24) is 0 Å². The number of rotatable bonds is 3. The third-order valence-electron chi connectivity index (χ3n) is 2.68. The van der Waals surface area contributed by atoms with Gasteiger partial charge in [-0.05, 0) is 35.4 Å². The van der Waals surface area contributed by atoms with Gasteiger partial charge >= 0.3 is 5.97 Å². The zero-order valence-electron chi connectivity index (χ0n) is 9.98. The van der Waals surface area contributed by atoms with Crippen LogP contribution in [-0.4, -0.2) is 18.2 Å². The number of aromatic carboxylic acids is 1. The largest absolute Gasteiger partial charge is 0.494 e. The van der Waals surface area contributed by atoms with Gasteiger partial charge in [0.05, 0.1) is 17.7 Å². The summed E-state index contributed by atoms with van der Waals surface area (Å²) in [6, 6.07) is 8.94. The van der Waals surface area contributed by atoms with Gasteiger partial charge in [-0.25, -0.2) is 9.18 Å². The third kappa shape index (κ3) is 2.69. The molecule has 0 unspecified atom stereocenters. The summed E-state index contributed by atoms with van der Waals surface area (Å²) in [5, 5.41) is 9.14. The number of carbonyl (C=O) groups is 1. The molecule has 0 amide bonds. The second-order valence-electron chi connectivity index (χ2n) is 3.85. The summed E-state index contributed by atoms with van der Waals surface area (Å²) in [7, 11) is 1.38. The summed E-state index contributed by atoms with van der Waals surface area (Å²) in [5.41, 5.74) is 1.11. The maximum atomic E-state index is 13.6. The maximum absolute atomic E-state index is 13.6. The van der Waals surface area contributed by atoms with Crippen LogP contribution in [0.25, 0.3) is 11.1 Å². The Balaban J connectivity index is 2.50. The number of carboxylic acids is 1. The van der Waals surface area contributed by atoms with Gasteiger partial charge in [0.25, 0.3) is 0 Å². The van der Waals surface area contributed by atoms with Gasteiger partial charge < -0.3 is 9.84 Å². The average molecular weight is 281 g/mol. The van der Waals surface area contributed by atoms with Gasteiger partial charge in [-0.2, -0.15) is 0 Å². The Kier molecular flexibility index (Phi) is 3.71. The van der Waals surface area contributed by atoms with Crippen molar-refractivity contribution in [2.75, 3.05) is 7.11 Å². The molecule has 0 aliphatic rings. The molecule has 5 heteroatoms. The SMILES string of the molecule is COc1ccc(-c2ccc(Cl)c(C(=O)O)c2)cc1F. The Hall–Kier alpha value is -2.07. The van der Waals surface area contributed by atoms with Crippen LogP contribution in [0, 0.1) is 5.82 Å². The molecule has 2 aromatic rings. The molecule has 0 aromatic heterocycles. The molecule has 0 spiro atoms. The fourth-order valence-electron chi connectivity index (χ4n) is 1.71. The van der Waals surface area contributed by atoms with E-state index in [4.69, 9.17) is 21.4 Å². The Morgan fingerprint density at radius 3 is 2.42 bits per heavy atom. The fraction of sp³-hybridized carbons (Fsp3) is 0.0714. The van der Waals surface area contributed by atoms with Crippen molar-refractivity contribution in [3.8, 4) is 16.9 Å². The van der Waals surface area contributed by atoms with Gasteiger partial charge in [0.2, 0.25) is 0 Å². The highest BCUT2D eigenvalue weighted by molar-refractivity contribution is 6.33. The van der Waals surface area contributed by atoms with Crippen LogP contribution >= 0.6 is 11.6 Å². The number of methoxy groups -OCH3 is 1. The van der Waals surface area contributed by atoms with Crippen molar-refractivity contribution in [2.24, 2.45) is 0 Å². The lowest BCUT2D eigenvalue weighted by Gasteiger charge is -2.07. The molecular weight excluding hydrogens is 271 g/mol. The summed E-state index contributed by atoms with van der Waals surface area (Å²) in [6.07, 6.45) is 0. The molecule has 0 atom stereocenters. The number of benzene rings is 2. The van der Waals surface area contributed by atoms with Gasteiger partial charge in [-0.1, -0.05) is 23.7 Å². The van der Waals surface area contributed by atoms with Crippen LogP contribution in [0.15, 0.2) is 36.4 Å². The molecule has 0 fully saturated rings. The van der Waals surface area contributed by atoms with Crippen LogP contribution in [0.2, 0.25) is 5.02 Å². The average Bonchev–Trinajstić information content (AvgIpc) is 2.38. The van der Waals surface area contributed by atoms with Crippen LogP contribution in [0.4, 0.5) is 4.39 Å². The Morgan fingerprint density at radius 2 is 1.84 bits per heavy atom. The van der Waals surface area contributed by atoms with E-state index in [2.05, 4.69) is 0 Å². The minimum Gasteiger partial charge on any atom is -0.494 e. The summed E-state index contributed by atoms with van der Waals surface area (Å²) in [4.78, 5) is 11.0. The van der Waals surface area contributed by atoms with Gasteiger partial charge in [-0.15, -0.1) is 0 Å². The Labute approximate surface area is 114 Å². The molecule has 3 nitrogen and oxygen atoms in total. The van der Waals surface area contributed by atoms with E-state index in [1.54, 1.807) is 12.1 Å². The van der Waals surface area contributed by atoms with E-state index in [9.17, 15) is 9.18 Å². The lowest BCUT2D eigenvalue weighted by atomic mass is 10.0. The maximum Gasteiger partial charge on any atom is 0.337 e. The number of halogens is 2. The van der Waals surface area contributed by atoms with Crippen LogP contribution in [0.3, 0.4) is 0 Å². The summed E-state index contributed by atoms with van der Waals surface area (Å²) < 4.78 is 18.4. The van der Waals surface area contributed by atoms with Crippen molar-refractivity contribution in [2.45, 2.75) is 0 Å². The van der Waals surface area contributed by atoms with Crippen LogP contribution in [0.5, 0.6) is 5.75 Å². The first kappa shape index (κ1) is 13.4. The lowest BCUT2D eigenvalue weighted by molar-refractivity contribution is 0.0697. The highest BCUT2D eigenvalue weighted by atomic mass is 35.5. The smallest absolute Gasteiger partial charge is 0.337 e. The molecule has 0 aliphatic carbocycles. The Bertz CT molecular complexity index is 641. The van der Waals surface area contributed by atoms with Crippen LogP contribution in [-0.2, 0) is 0 Å². The van der Waals surface area contributed by atoms with Gasteiger partial charge in [-0.3, -0.25) is 0 Å². The third-order valence-corrected chi connectivity index (χ3v) is 3.01. The van der Waals surface area contributed by atoms with Gasteiger partial charge in [0.1, 0.15) is 0 Å². The molecule has 0 radical (unpaired) electrons. The minimum absolute atomic E-state index is 0.0182. The predicted molar refractivity (Wildman–Crippen MR) is 70.4 cm³/mol. The molecule has 98 valence electrons. The molecule has 2 rings (SSSR count). The van der Waals surface area contributed by atoms with Crippen molar-refractivity contribution in [3.63, 3.8) is 0 Å². The fourth-order valence-corrected chi connectivity index (χ4v) is 1.91. The molecule has 0 saturated carbocycles. The van der Waals surface area contributed by atoms with E-state index in [1.807, 2.05) is 0 Å². The molecule has 0 bridgehead atoms. The summed E-state index contributed by atoms with van der Waals surface area (Å²) in [5.74, 6) is -1.50. The normalized spacial score (nSPS) is 10.3. The highest BCUT2D eigenvalue weighted by Crippen LogP contribution is 2.28. The standard InChI is InChI=1S/C14H10ClFO3/c1-19-13-5-3-9(7-12(13)16)8-2-4-11(15)10(6-8)14(17)18/h2-7H,1H3,(H,17,18). The first-order valence-electron chi connectivity index (χ1n) is 5.39. The van der Waals surface area contributed by atoms with Crippen molar-refractivity contribution in [3.05, 3.63) is 52.8 Å². The van der Waals surface area contributed by atoms with Crippen LogP contribution in [0.1, 0.15) is 10.4 Å². The topological polar surface area (TPSA) is 46.5 Å². The van der Waals surface area contributed by atoms with Crippen LogP contribution < -0.4 is 4.74 Å². The van der Waals surface area contributed by atoms with Crippen molar-refractivity contribution >= 4 is 17.6 Å². The van der Waals surface area contributed by atoms with E-state index in [-0.39, 0.29) is 16.3 Å². The first-order chi connectivity index (χ1) is 9.02. The van der Waals surface area contributed by atoms with E-state index in [0.717, 1.165) is 0 Å². The van der Waals surface area contributed by atoms with Gasteiger partial charge in [0, 0.05) is 0 Å². The van der Waals surface area contributed by atoms with E-state index in [0.29, 0.717) is 11.1 Å².